The molecule has 3 rings (SSSR count). The third kappa shape index (κ3) is 4.86. The first-order valence-corrected chi connectivity index (χ1v) is 9.73. The van der Waals surface area contributed by atoms with Gasteiger partial charge in [-0.3, -0.25) is 9.59 Å². The molecule has 0 aliphatic carbocycles. The van der Waals surface area contributed by atoms with Crippen LogP contribution in [0.3, 0.4) is 0 Å². The van der Waals surface area contributed by atoms with E-state index in [0.29, 0.717) is 42.2 Å². The fraction of sp³-hybridized carbons (Fsp3) is 0.261. The normalized spacial score (nSPS) is 10.5. The Morgan fingerprint density at radius 2 is 1.73 bits per heavy atom. The highest BCUT2D eigenvalue weighted by atomic mass is 16.5. The number of Topliss-reactive ketones (excluding diaryl/α,β-unsaturated/α-hetero) is 1. The number of ether oxygens (including phenoxy) is 1. The zero-order valence-electron chi connectivity index (χ0n) is 17.3. The number of benzene rings is 1. The highest BCUT2D eigenvalue weighted by Crippen LogP contribution is 2.20. The molecule has 2 heterocycles. The van der Waals surface area contributed by atoms with E-state index in [1.807, 2.05) is 31.2 Å². The second-order valence-corrected chi connectivity index (χ2v) is 6.74. The number of carbonyl (C=O) groups is 2. The summed E-state index contributed by atoms with van der Waals surface area (Å²) >= 11 is 0. The summed E-state index contributed by atoms with van der Waals surface area (Å²) in [7, 11) is 3.27. The summed E-state index contributed by atoms with van der Waals surface area (Å²) in [6, 6.07) is 11.0. The third-order valence-electron chi connectivity index (χ3n) is 4.83. The van der Waals surface area contributed by atoms with Gasteiger partial charge in [0.2, 0.25) is 11.8 Å². The Hall–Kier alpha value is -3.61. The Labute approximate surface area is 175 Å². The number of carbonyl (C=O) groups excluding carboxylic acids is 2. The van der Waals surface area contributed by atoms with Gasteiger partial charge in [-0.2, -0.15) is 0 Å². The number of anilines is 1. The van der Waals surface area contributed by atoms with Crippen molar-refractivity contribution < 1.29 is 14.3 Å². The van der Waals surface area contributed by atoms with E-state index in [4.69, 9.17) is 4.74 Å². The van der Waals surface area contributed by atoms with Gasteiger partial charge in [0.05, 0.1) is 25.2 Å². The molecule has 0 atom stereocenters. The van der Waals surface area contributed by atoms with Crippen molar-refractivity contribution in [2.75, 3.05) is 19.1 Å². The van der Waals surface area contributed by atoms with E-state index in [9.17, 15) is 9.59 Å². The maximum Gasteiger partial charge on any atom is 0.226 e. The standard InChI is InChI=1S/C23H24N4O3/c1-4-21(29)27(2)19-14-25-22(26-15-19)17-9-7-16(8-10-17)20(28)12-11-18-6-5-13-24-23(18)30-3/h5-10,13-15H,4,11-12H2,1-3H3. The van der Waals surface area contributed by atoms with Gasteiger partial charge in [-0.15, -0.1) is 0 Å². The van der Waals surface area contributed by atoms with Crippen LogP contribution in [0.2, 0.25) is 0 Å². The molecule has 0 radical (unpaired) electrons. The lowest BCUT2D eigenvalue weighted by atomic mass is 10.0. The quantitative estimate of drug-likeness (QED) is 0.532. The van der Waals surface area contributed by atoms with Gasteiger partial charge in [0.25, 0.3) is 0 Å². The monoisotopic (exact) mass is 404 g/mol. The number of aryl methyl sites for hydroxylation is 1. The van der Waals surface area contributed by atoms with Crippen LogP contribution in [0.4, 0.5) is 5.69 Å². The van der Waals surface area contributed by atoms with Crippen molar-refractivity contribution in [1.29, 1.82) is 0 Å². The highest BCUT2D eigenvalue weighted by Gasteiger charge is 2.12. The van der Waals surface area contributed by atoms with Gasteiger partial charge in [-0.1, -0.05) is 37.3 Å². The Morgan fingerprint density at radius 1 is 1.03 bits per heavy atom. The van der Waals surface area contributed by atoms with E-state index in [0.717, 1.165) is 11.1 Å². The molecule has 0 spiro atoms. The molecule has 0 bridgehead atoms. The summed E-state index contributed by atoms with van der Waals surface area (Å²) in [5, 5.41) is 0. The van der Waals surface area contributed by atoms with E-state index in [1.54, 1.807) is 44.9 Å². The van der Waals surface area contributed by atoms with Crippen molar-refractivity contribution >= 4 is 17.4 Å². The molecular weight excluding hydrogens is 380 g/mol. The van der Waals surface area contributed by atoms with Crippen LogP contribution in [0.15, 0.2) is 55.0 Å². The van der Waals surface area contributed by atoms with Crippen molar-refractivity contribution in [2.45, 2.75) is 26.2 Å². The first-order chi connectivity index (χ1) is 14.5. The molecule has 0 saturated heterocycles. The van der Waals surface area contributed by atoms with E-state index < -0.39 is 0 Å². The number of methoxy groups -OCH3 is 1. The maximum atomic E-state index is 12.5. The summed E-state index contributed by atoms with van der Waals surface area (Å²) in [6.45, 7) is 1.81. The second-order valence-electron chi connectivity index (χ2n) is 6.74. The lowest BCUT2D eigenvalue weighted by Gasteiger charge is -2.15. The summed E-state index contributed by atoms with van der Waals surface area (Å²) in [5.41, 5.74) is 2.98. The minimum absolute atomic E-state index is 0.00174. The lowest BCUT2D eigenvalue weighted by molar-refractivity contribution is -0.118. The minimum Gasteiger partial charge on any atom is -0.481 e. The van der Waals surface area contributed by atoms with E-state index in [-0.39, 0.29) is 11.7 Å². The number of hydrogen-bond acceptors (Lipinski definition) is 6. The lowest BCUT2D eigenvalue weighted by Crippen LogP contribution is -2.25. The Bertz CT molecular complexity index is 1020. The van der Waals surface area contributed by atoms with Crippen LogP contribution in [0.25, 0.3) is 11.4 Å². The SMILES string of the molecule is CCC(=O)N(C)c1cnc(-c2ccc(C(=O)CCc3cccnc3OC)cc2)nc1. The van der Waals surface area contributed by atoms with Gasteiger partial charge in [-0.25, -0.2) is 15.0 Å². The Balaban J connectivity index is 1.65. The molecule has 3 aromatic rings. The zero-order valence-corrected chi connectivity index (χ0v) is 17.3. The van der Waals surface area contributed by atoms with Gasteiger partial charge < -0.3 is 9.64 Å². The molecule has 0 N–H and O–H groups in total. The smallest absolute Gasteiger partial charge is 0.226 e. The average molecular weight is 404 g/mol. The zero-order chi connectivity index (χ0) is 21.5. The van der Waals surface area contributed by atoms with Crippen LogP contribution in [-0.4, -0.2) is 40.8 Å². The Morgan fingerprint density at radius 3 is 2.37 bits per heavy atom. The number of pyridine rings is 1. The first-order valence-electron chi connectivity index (χ1n) is 9.73. The number of ketones is 1. The number of aromatic nitrogens is 3. The van der Waals surface area contributed by atoms with Crippen LogP contribution in [0.1, 0.15) is 35.7 Å². The average Bonchev–Trinajstić information content (AvgIpc) is 2.81. The van der Waals surface area contributed by atoms with Crippen molar-refractivity contribution in [3.8, 4) is 17.3 Å². The highest BCUT2D eigenvalue weighted by molar-refractivity contribution is 5.96. The Kier molecular flexibility index (Phi) is 6.85. The topological polar surface area (TPSA) is 85.3 Å². The molecule has 0 unspecified atom stereocenters. The molecule has 1 amide bonds. The molecule has 30 heavy (non-hydrogen) atoms. The van der Waals surface area contributed by atoms with Crippen LogP contribution < -0.4 is 9.64 Å². The molecule has 1 aromatic carbocycles. The molecule has 0 aliphatic rings. The largest absolute Gasteiger partial charge is 0.481 e. The summed E-state index contributed by atoms with van der Waals surface area (Å²) in [5.74, 6) is 1.13. The molecular formula is C23H24N4O3. The van der Waals surface area contributed by atoms with Crippen LogP contribution in [0, 0.1) is 0 Å². The first kappa shape index (κ1) is 21.1. The molecule has 7 heteroatoms. The fourth-order valence-electron chi connectivity index (χ4n) is 3.02. The third-order valence-corrected chi connectivity index (χ3v) is 4.83. The predicted molar refractivity (Wildman–Crippen MR) is 115 cm³/mol. The van der Waals surface area contributed by atoms with Crippen LogP contribution in [0.5, 0.6) is 5.88 Å². The minimum atomic E-state index is -0.00174. The summed E-state index contributed by atoms with van der Waals surface area (Å²) in [6.07, 6.45) is 6.25. The molecule has 0 fully saturated rings. The maximum absolute atomic E-state index is 12.5. The van der Waals surface area contributed by atoms with Crippen LogP contribution >= 0.6 is 0 Å². The predicted octanol–water partition coefficient (Wildman–Crippen LogP) is 3.74. The molecule has 7 nitrogen and oxygen atoms in total. The molecule has 154 valence electrons. The number of rotatable bonds is 8. The van der Waals surface area contributed by atoms with E-state index in [2.05, 4.69) is 15.0 Å². The molecule has 2 aromatic heterocycles. The van der Waals surface area contributed by atoms with E-state index in [1.165, 1.54) is 4.90 Å². The van der Waals surface area contributed by atoms with Gasteiger partial charge in [0.15, 0.2) is 11.6 Å². The van der Waals surface area contributed by atoms with Crippen molar-refractivity contribution in [1.82, 2.24) is 15.0 Å². The van der Waals surface area contributed by atoms with Crippen molar-refractivity contribution in [3.05, 3.63) is 66.1 Å². The summed E-state index contributed by atoms with van der Waals surface area (Å²) < 4.78 is 5.23. The van der Waals surface area contributed by atoms with Gasteiger partial charge >= 0.3 is 0 Å². The number of hydrogen-bond donors (Lipinski definition) is 0. The fourth-order valence-corrected chi connectivity index (χ4v) is 3.02. The number of amides is 1. The van der Waals surface area contributed by atoms with Crippen molar-refractivity contribution in [2.24, 2.45) is 0 Å². The van der Waals surface area contributed by atoms with Crippen molar-refractivity contribution in [3.63, 3.8) is 0 Å². The van der Waals surface area contributed by atoms with E-state index >= 15 is 0 Å². The molecule has 0 saturated carbocycles. The summed E-state index contributed by atoms with van der Waals surface area (Å²) in [4.78, 5) is 38.7. The van der Waals surface area contributed by atoms with Gasteiger partial charge in [0.1, 0.15) is 0 Å². The second kappa shape index (κ2) is 9.73. The molecule has 0 aliphatic heterocycles. The number of nitrogens with zero attached hydrogens (tertiary/aromatic N) is 4. The van der Waals surface area contributed by atoms with Gasteiger partial charge in [-0.05, 0) is 12.5 Å². The van der Waals surface area contributed by atoms with Gasteiger partial charge in [0, 0.05) is 42.8 Å². The van der Waals surface area contributed by atoms with Crippen LogP contribution in [-0.2, 0) is 11.2 Å².